The second kappa shape index (κ2) is 5.43. The smallest absolute Gasteiger partial charge is 0.321 e. The van der Waals surface area contributed by atoms with Crippen LogP contribution in [0.5, 0.6) is 0 Å². The van der Waals surface area contributed by atoms with Gasteiger partial charge in [-0.25, -0.2) is 0 Å². The van der Waals surface area contributed by atoms with Crippen LogP contribution < -0.4 is 0 Å². The lowest BCUT2D eigenvalue weighted by atomic mass is 10.1. The third-order valence-electron chi connectivity index (χ3n) is 3.08. The van der Waals surface area contributed by atoms with Gasteiger partial charge in [0.25, 0.3) is 0 Å². The Morgan fingerprint density at radius 2 is 1.75 bits per heavy atom. The summed E-state index contributed by atoms with van der Waals surface area (Å²) in [5, 5.41) is 10.8. The Morgan fingerprint density at radius 1 is 1.05 bits per heavy atom. The quantitative estimate of drug-likeness (QED) is 0.709. The molecular weight excluding hydrogens is 270 g/mol. The molecule has 0 aliphatic carbocycles. The molecule has 0 aliphatic rings. The zero-order valence-electron chi connectivity index (χ0n) is 10.6. The highest BCUT2D eigenvalue weighted by Gasteiger charge is 2.21. The molecule has 0 aliphatic heterocycles. The zero-order valence-corrected chi connectivity index (χ0v) is 11.4. The fourth-order valence-corrected chi connectivity index (χ4v) is 3.14. The summed E-state index contributed by atoms with van der Waals surface area (Å²) in [6.45, 7) is 0. The molecule has 4 heteroatoms. The molecule has 0 radical (unpaired) electrons. The van der Waals surface area contributed by atoms with Gasteiger partial charge >= 0.3 is 5.97 Å². The number of benzene rings is 2. The number of para-hydroxylation sites is 1. The summed E-state index contributed by atoms with van der Waals surface area (Å²) >= 11 is 1.32. The Labute approximate surface area is 120 Å². The molecule has 0 amide bonds. The van der Waals surface area contributed by atoms with Crippen LogP contribution in [0.3, 0.4) is 0 Å². The highest BCUT2D eigenvalue weighted by molar-refractivity contribution is 8.00. The highest BCUT2D eigenvalue weighted by atomic mass is 32.2. The summed E-state index contributed by atoms with van der Waals surface area (Å²) in [6, 6.07) is 19.2. The van der Waals surface area contributed by atoms with Crippen LogP contribution in [0, 0.1) is 0 Å². The van der Waals surface area contributed by atoms with Crippen molar-refractivity contribution in [2.75, 3.05) is 0 Å². The van der Waals surface area contributed by atoms with Crippen molar-refractivity contribution in [2.24, 2.45) is 0 Å². The predicted molar refractivity (Wildman–Crippen MR) is 81.0 cm³/mol. The number of carboxylic acid groups (broad SMARTS) is 1. The Kier molecular flexibility index (Phi) is 3.48. The summed E-state index contributed by atoms with van der Waals surface area (Å²) in [7, 11) is 0. The average molecular weight is 283 g/mol. The van der Waals surface area contributed by atoms with Gasteiger partial charge in [-0.15, -0.1) is 0 Å². The summed E-state index contributed by atoms with van der Waals surface area (Å²) in [5.74, 6) is -0.833. The lowest BCUT2D eigenvalue weighted by molar-refractivity contribution is -0.136. The van der Waals surface area contributed by atoms with Crippen LogP contribution in [0.4, 0.5) is 0 Å². The van der Waals surface area contributed by atoms with E-state index in [4.69, 9.17) is 0 Å². The first-order valence-electron chi connectivity index (χ1n) is 6.26. The van der Waals surface area contributed by atoms with E-state index in [1.165, 1.54) is 11.8 Å². The van der Waals surface area contributed by atoms with Crippen molar-refractivity contribution < 1.29 is 9.90 Å². The molecular formula is C16H13NO2S. The highest BCUT2D eigenvalue weighted by Crippen LogP contribution is 2.36. The van der Waals surface area contributed by atoms with E-state index in [2.05, 4.69) is 4.98 Å². The Balaban J connectivity index is 1.92. The van der Waals surface area contributed by atoms with E-state index in [1.54, 1.807) is 0 Å². The standard InChI is InChI=1S/C16H13NO2S/c18-16(19)15(11-6-2-1-3-7-11)20-14-10-12-8-4-5-9-13(12)17-14/h1-10,15,17H,(H,18,19). The van der Waals surface area contributed by atoms with Gasteiger partial charge in [0.05, 0.1) is 5.03 Å². The molecule has 1 unspecified atom stereocenters. The van der Waals surface area contributed by atoms with Crippen molar-refractivity contribution in [3.8, 4) is 0 Å². The lowest BCUT2D eigenvalue weighted by Crippen LogP contribution is -2.07. The molecule has 2 aromatic carbocycles. The van der Waals surface area contributed by atoms with E-state index in [-0.39, 0.29) is 0 Å². The van der Waals surface area contributed by atoms with E-state index >= 15 is 0 Å². The van der Waals surface area contributed by atoms with Crippen LogP contribution >= 0.6 is 11.8 Å². The van der Waals surface area contributed by atoms with E-state index in [1.807, 2.05) is 60.7 Å². The average Bonchev–Trinajstić information content (AvgIpc) is 2.88. The molecule has 3 aromatic rings. The monoisotopic (exact) mass is 283 g/mol. The molecule has 100 valence electrons. The SMILES string of the molecule is O=C(O)C(Sc1cc2ccccc2[nH]1)c1ccccc1. The summed E-state index contributed by atoms with van der Waals surface area (Å²) < 4.78 is 0. The predicted octanol–water partition coefficient (Wildman–Crippen LogP) is 4.09. The molecule has 1 heterocycles. The van der Waals surface area contributed by atoms with E-state index in [0.717, 1.165) is 21.5 Å². The number of H-pyrrole nitrogens is 1. The first-order chi connectivity index (χ1) is 9.74. The molecule has 0 saturated carbocycles. The number of aromatic nitrogens is 1. The minimum atomic E-state index is -0.833. The van der Waals surface area contributed by atoms with Crippen LogP contribution in [-0.4, -0.2) is 16.1 Å². The molecule has 3 rings (SSSR count). The van der Waals surface area contributed by atoms with Crippen molar-refractivity contribution in [1.82, 2.24) is 4.98 Å². The number of thioether (sulfide) groups is 1. The molecule has 3 nitrogen and oxygen atoms in total. The van der Waals surface area contributed by atoms with Crippen molar-refractivity contribution in [2.45, 2.75) is 10.3 Å². The molecule has 0 bridgehead atoms. The molecule has 0 spiro atoms. The zero-order chi connectivity index (χ0) is 13.9. The summed E-state index contributed by atoms with van der Waals surface area (Å²) in [5.41, 5.74) is 1.82. The van der Waals surface area contributed by atoms with Gasteiger partial charge < -0.3 is 10.1 Å². The Morgan fingerprint density at radius 3 is 2.45 bits per heavy atom. The minimum Gasteiger partial charge on any atom is -0.480 e. The van der Waals surface area contributed by atoms with Gasteiger partial charge in [0.15, 0.2) is 0 Å². The molecule has 1 aromatic heterocycles. The maximum Gasteiger partial charge on any atom is 0.321 e. The number of hydrogen-bond donors (Lipinski definition) is 2. The summed E-state index contributed by atoms with van der Waals surface area (Å²) in [6.07, 6.45) is 0. The maximum atomic E-state index is 11.5. The van der Waals surface area contributed by atoms with Crippen LogP contribution in [0.2, 0.25) is 0 Å². The molecule has 1 atom stereocenters. The Hall–Kier alpha value is -2.20. The minimum absolute atomic E-state index is 0.607. The largest absolute Gasteiger partial charge is 0.480 e. The van der Waals surface area contributed by atoms with E-state index in [0.29, 0.717) is 0 Å². The van der Waals surface area contributed by atoms with Crippen molar-refractivity contribution in [3.63, 3.8) is 0 Å². The molecule has 0 fully saturated rings. The van der Waals surface area contributed by atoms with Crippen LogP contribution in [0.1, 0.15) is 10.8 Å². The number of hydrogen-bond acceptors (Lipinski definition) is 2. The number of fused-ring (bicyclic) bond motifs is 1. The molecule has 2 N–H and O–H groups in total. The van der Waals surface area contributed by atoms with Crippen molar-refractivity contribution in [3.05, 3.63) is 66.2 Å². The van der Waals surface area contributed by atoms with Gasteiger partial charge in [-0.2, -0.15) is 0 Å². The second-order valence-corrected chi connectivity index (χ2v) is 5.61. The first kappa shape index (κ1) is 12.8. The van der Waals surface area contributed by atoms with Crippen molar-refractivity contribution >= 4 is 28.6 Å². The maximum absolute atomic E-state index is 11.5. The fourth-order valence-electron chi connectivity index (χ4n) is 2.13. The van der Waals surface area contributed by atoms with Crippen molar-refractivity contribution in [1.29, 1.82) is 0 Å². The number of carboxylic acids is 1. The van der Waals surface area contributed by atoms with Crippen LogP contribution in [0.15, 0.2) is 65.7 Å². The van der Waals surface area contributed by atoms with Crippen LogP contribution in [-0.2, 0) is 4.79 Å². The van der Waals surface area contributed by atoms with Gasteiger partial charge in [0.1, 0.15) is 5.25 Å². The molecule has 20 heavy (non-hydrogen) atoms. The van der Waals surface area contributed by atoms with E-state index in [9.17, 15) is 9.90 Å². The normalized spacial score (nSPS) is 12.4. The topological polar surface area (TPSA) is 53.1 Å². The first-order valence-corrected chi connectivity index (χ1v) is 7.14. The van der Waals surface area contributed by atoms with Gasteiger partial charge in [-0.3, -0.25) is 4.79 Å². The number of aliphatic carboxylic acids is 1. The van der Waals surface area contributed by atoms with Gasteiger partial charge in [-0.1, -0.05) is 60.3 Å². The lowest BCUT2D eigenvalue weighted by Gasteiger charge is -2.10. The van der Waals surface area contributed by atoms with Crippen LogP contribution in [0.25, 0.3) is 10.9 Å². The van der Waals surface area contributed by atoms with Gasteiger partial charge in [0, 0.05) is 10.9 Å². The van der Waals surface area contributed by atoms with E-state index < -0.39 is 11.2 Å². The second-order valence-electron chi connectivity index (χ2n) is 4.47. The number of rotatable bonds is 4. The fraction of sp³-hybridized carbons (Fsp3) is 0.0625. The third-order valence-corrected chi connectivity index (χ3v) is 4.26. The number of nitrogens with one attached hydrogen (secondary N) is 1. The van der Waals surface area contributed by atoms with Gasteiger partial charge in [-0.05, 0) is 17.7 Å². The number of aromatic amines is 1. The third kappa shape index (κ3) is 2.56. The molecule has 0 saturated heterocycles. The Bertz CT molecular complexity index is 703. The number of carbonyl (C=O) groups is 1. The summed E-state index contributed by atoms with van der Waals surface area (Å²) in [4.78, 5) is 14.7. The van der Waals surface area contributed by atoms with Gasteiger partial charge in [0.2, 0.25) is 0 Å².